The lowest BCUT2D eigenvalue weighted by Crippen LogP contribution is -2.44. The predicted molar refractivity (Wildman–Crippen MR) is 62.6 cm³/mol. The van der Waals surface area contributed by atoms with Crippen LogP contribution in [0, 0.1) is 5.92 Å². The second kappa shape index (κ2) is 5.13. The molecule has 0 spiro atoms. The molecule has 0 bridgehead atoms. The summed E-state index contributed by atoms with van der Waals surface area (Å²) in [5.74, 6) is 0.763. The lowest BCUT2D eigenvalue weighted by atomic mass is 10.0. The Morgan fingerprint density at radius 2 is 1.71 bits per heavy atom. The Morgan fingerprint density at radius 3 is 2.21 bits per heavy atom. The van der Waals surface area contributed by atoms with Gasteiger partial charge in [0.15, 0.2) is 0 Å². The first-order valence-corrected chi connectivity index (χ1v) is 5.96. The first-order valence-electron chi connectivity index (χ1n) is 5.96. The first-order chi connectivity index (χ1) is 6.52. The molecule has 84 valence electrons. The molecule has 0 aromatic heterocycles. The van der Waals surface area contributed by atoms with E-state index in [1.54, 1.807) is 0 Å². The van der Waals surface area contributed by atoms with Crippen LogP contribution in [0.4, 0.5) is 0 Å². The summed E-state index contributed by atoms with van der Waals surface area (Å²) in [6, 6.07) is 1.43. The van der Waals surface area contributed by atoms with Crippen molar-refractivity contribution in [3.05, 3.63) is 0 Å². The van der Waals surface area contributed by atoms with Gasteiger partial charge in [-0.05, 0) is 46.3 Å². The van der Waals surface area contributed by atoms with Crippen LogP contribution in [-0.4, -0.2) is 48.6 Å². The molecule has 2 heteroatoms. The highest BCUT2D eigenvalue weighted by molar-refractivity contribution is 4.81. The summed E-state index contributed by atoms with van der Waals surface area (Å²) in [6.07, 6.45) is 1.32. The monoisotopic (exact) mass is 198 g/mol. The Bertz CT molecular complexity index is 166. The molecule has 14 heavy (non-hydrogen) atoms. The van der Waals surface area contributed by atoms with E-state index in [1.807, 2.05) is 0 Å². The van der Waals surface area contributed by atoms with Gasteiger partial charge in [0.25, 0.3) is 0 Å². The highest BCUT2D eigenvalue weighted by atomic mass is 15.2. The fourth-order valence-corrected chi connectivity index (χ4v) is 2.35. The van der Waals surface area contributed by atoms with Gasteiger partial charge in [0.05, 0.1) is 0 Å². The van der Waals surface area contributed by atoms with E-state index in [2.05, 4.69) is 44.5 Å². The highest BCUT2D eigenvalue weighted by Crippen LogP contribution is 2.16. The number of hydrogen-bond donors (Lipinski definition) is 0. The van der Waals surface area contributed by atoms with E-state index in [1.165, 1.54) is 26.1 Å². The van der Waals surface area contributed by atoms with Crippen LogP contribution in [0.25, 0.3) is 0 Å². The Balaban J connectivity index is 2.62. The van der Waals surface area contributed by atoms with Crippen LogP contribution in [0.3, 0.4) is 0 Å². The van der Waals surface area contributed by atoms with Crippen molar-refractivity contribution in [3.8, 4) is 0 Å². The lowest BCUT2D eigenvalue weighted by Gasteiger charge is -2.33. The summed E-state index contributed by atoms with van der Waals surface area (Å²) < 4.78 is 0. The van der Waals surface area contributed by atoms with Crippen molar-refractivity contribution in [2.24, 2.45) is 5.92 Å². The molecule has 1 atom stereocenters. The molecule has 1 fully saturated rings. The van der Waals surface area contributed by atoms with E-state index in [0.29, 0.717) is 6.04 Å². The van der Waals surface area contributed by atoms with Gasteiger partial charge in [0, 0.05) is 18.6 Å². The molecule has 0 amide bonds. The largest absolute Gasteiger partial charge is 0.302 e. The van der Waals surface area contributed by atoms with Crippen molar-refractivity contribution < 1.29 is 0 Å². The fourth-order valence-electron chi connectivity index (χ4n) is 2.35. The summed E-state index contributed by atoms with van der Waals surface area (Å²) in [6.45, 7) is 13.1. The van der Waals surface area contributed by atoms with Gasteiger partial charge in [0.1, 0.15) is 0 Å². The molecule has 0 unspecified atom stereocenters. The van der Waals surface area contributed by atoms with E-state index < -0.39 is 0 Å². The van der Waals surface area contributed by atoms with Gasteiger partial charge in [-0.3, -0.25) is 4.90 Å². The van der Waals surface area contributed by atoms with E-state index in [4.69, 9.17) is 0 Å². The van der Waals surface area contributed by atoms with Crippen molar-refractivity contribution in [2.75, 3.05) is 26.7 Å². The summed E-state index contributed by atoms with van der Waals surface area (Å²) in [7, 11) is 2.27. The lowest BCUT2D eigenvalue weighted by molar-refractivity contribution is 0.148. The third kappa shape index (κ3) is 2.96. The molecule has 2 nitrogen and oxygen atoms in total. The average Bonchev–Trinajstić information content (AvgIpc) is 2.26. The van der Waals surface area contributed by atoms with Gasteiger partial charge in [-0.15, -0.1) is 0 Å². The smallest absolute Gasteiger partial charge is 0.0243 e. The summed E-state index contributed by atoms with van der Waals surface area (Å²) in [5, 5.41) is 0. The number of hydrogen-bond acceptors (Lipinski definition) is 2. The molecule has 0 aromatic rings. The zero-order chi connectivity index (χ0) is 10.7. The van der Waals surface area contributed by atoms with Gasteiger partial charge in [-0.2, -0.15) is 0 Å². The highest BCUT2D eigenvalue weighted by Gasteiger charge is 2.25. The zero-order valence-electron chi connectivity index (χ0n) is 10.5. The Kier molecular flexibility index (Phi) is 4.39. The van der Waals surface area contributed by atoms with E-state index in [0.717, 1.165) is 12.0 Å². The predicted octanol–water partition coefficient (Wildman–Crippen LogP) is 2.06. The molecule has 1 rings (SSSR count). The first kappa shape index (κ1) is 12.0. The van der Waals surface area contributed by atoms with Gasteiger partial charge in [-0.25, -0.2) is 0 Å². The molecular weight excluding hydrogens is 172 g/mol. The summed E-state index contributed by atoms with van der Waals surface area (Å²) in [4.78, 5) is 5.15. The topological polar surface area (TPSA) is 6.48 Å². The maximum Gasteiger partial charge on any atom is 0.0243 e. The van der Waals surface area contributed by atoms with Crippen LogP contribution in [0.15, 0.2) is 0 Å². The van der Waals surface area contributed by atoms with E-state index in [-0.39, 0.29) is 0 Å². The van der Waals surface area contributed by atoms with Crippen LogP contribution < -0.4 is 0 Å². The summed E-state index contributed by atoms with van der Waals surface area (Å²) in [5.41, 5.74) is 0. The van der Waals surface area contributed by atoms with E-state index >= 15 is 0 Å². The molecule has 0 aromatic carbocycles. The molecule has 0 N–H and O–H groups in total. The fraction of sp³-hybridized carbons (Fsp3) is 1.00. The van der Waals surface area contributed by atoms with Crippen LogP contribution in [0.1, 0.15) is 34.1 Å². The second-order valence-corrected chi connectivity index (χ2v) is 5.23. The molecule has 0 saturated carbocycles. The van der Waals surface area contributed by atoms with Crippen molar-refractivity contribution in [1.29, 1.82) is 0 Å². The van der Waals surface area contributed by atoms with Gasteiger partial charge in [0.2, 0.25) is 0 Å². The molecule has 1 saturated heterocycles. The normalized spacial score (nSPS) is 27.2. The van der Waals surface area contributed by atoms with Crippen LogP contribution in [0.2, 0.25) is 0 Å². The average molecular weight is 198 g/mol. The molecule has 1 aliphatic rings. The van der Waals surface area contributed by atoms with Gasteiger partial charge >= 0.3 is 0 Å². The van der Waals surface area contributed by atoms with Crippen LogP contribution in [-0.2, 0) is 0 Å². The second-order valence-electron chi connectivity index (χ2n) is 5.23. The molecule has 1 aliphatic heterocycles. The third-order valence-corrected chi connectivity index (χ3v) is 3.44. The molecule has 1 heterocycles. The van der Waals surface area contributed by atoms with Gasteiger partial charge < -0.3 is 4.90 Å². The zero-order valence-corrected chi connectivity index (χ0v) is 10.5. The summed E-state index contributed by atoms with van der Waals surface area (Å²) >= 11 is 0. The maximum atomic E-state index is 2.62. The Hall–Kier alpha value is -0.0800. The number of likely N-dealkylation sites (N-methyl/N-ethyl adjacent to an activating group) is 1. The minimum absolute atomic E-state index is 0.697. The molecule has 0 aliphatic carbocycles. The maximum absolute atomic E-state index is 2.62. The number of nitrogens with zero attached hydrogens (tertiary/aromatic N) is 2. The van der Waals surface area contributed by atoms with Crippen molar-refractivity contribution >= 4 is 0 Å². The van der Waals surface area contributed by atoms with Gasteiger partial charge in [-0.1, -0.05) is 13.8 Å². The number of rotatable bonds is 2. The minimum Gasteiger partial charge on any atom is -0.302 e. The van der Waals surface area contributed by atoms with Crippen LogP contribution in [0.5, 0.6) is 0 Å². The molecule has 0 radical (unpaired) electrons. The quantitative estimate of drug-likeness (QED) is 0.670. The Morgan fingerprint density at radius 1 is 1.07 bits per heavy atom. The minimum atomic E-state index is 0.697. The van der Waals surface area contributed by atoms with Crippen molar-refractivity contribution in [1.82, 2.24) is 9.80 Å². The van der Waals surface area contributed by atoms with Crippen LogP contribution >= 0.6 is 0 Å². The standard InChI is InChI=1S/C12H26N2/c1-10(2)12-9-14(11(3)4)8-6-7-13(12)5/h10-12H,6-9H2,1-5H3/t12-/m1/s1. The van der Waals surface area contributed by atoms with Crippen molar-refractivity contribution in [3.63, 3.8) is 0 Å². The third-order valence-electron chi connectivity index (χ3n) is 3.44. The molecular formula is C12H26N2. The Labute approximate surface area is 89.3 Å². The SMILES string of the molecule is CC(C)[C@H]1CN(C(C)C)CCCN1C. The van der Waals surface area contributed by atoms with Crippen molar-refractivity contribution in [2.45, 2.75) is 46.2 Å². The van der Waals surface area contributed by atoms with E-state index in [9.17, 15) is 0 Å².